The summed E-state index contributed by atoms with van der Waals surface area (Å²) in [6, 6.07) is 8.91. The van der Waals surface area contributed by atoms with Crippen molar-refractivity contribution in [1.29, 1.82) is 0 Å². The number of anilines is 1. The second-order valence-corrected chi connectivity index (χ2v) is 18.2. The second kappa shape index (κ2) is 12.5. The second-order valence-electron chi connectivity index (χ2n) is 15.8. The van der Waals surface area contributed by atoms with Crippen molar-refractivity contribution in [2.45, 2.75) is 105 Å². The minimum atomic E-state index is -0.654. The molecule has 0 fully saturated rings. The van der Waals surface area contributed by atoms with E-state index in [1.807, 2.05) is 6.08 Å². The summed E-state index contributed by atoms with van der Waals surface area (Å²) in [6.07, 6.45) is 12.1. The van der Waals surface area contributed by atoms with Crippen molar-refractivity contribution in [2.75, 3.05) is 24.6 Å². The highest BCUT2D eigenvalue weighted by atomic mass is 79.9. The highest BCUT2D eigenvalue weighted by molar-refractivity contribution is 9.21. The summed E-state index contributed by atoms with van der Waals surface area (Å²) in [5.41, 5.74) is 9.29. The largest absolute Gasteiger partial charge is 0.579 e. The molecule has 9 heteroatoms. The van der Waals surface area contributed by atoms with Crippen LogP contribution in [0.1, 0.15) is 87.1 Å². The molecule has 3 unspecified atom stereocenters. The van der Waals surface area contributed by atoms with E-state index in [1.165, 1.54) is 39.4 Å². The molecule has 252 valence electrons. The number of fused-ring (bicyclic) bond motifs is 6. The van der Waals surface area contributed by atoms with Gasteiger partial charge in [0.15, 0.2) is 12.3 Å². The van der Waals surface area contributed by atoms with Gasteiger partial charge in [-0.1, -0.05) is 78.5 Å². The maximum Gasteiger partial charge on any atom is 0.579 e. The van der Waals surface area contributed by atoms with Crippen molar-refractivity contribution in [3.8, 4) is 0 Å². The zero-order chi connectivity index (χ0) is 34.1. The lowest BCUT2D eigenvalue weighted by Gasteiger charge is -2.42. The Balaban J connectivity index is 1.41. The smallest absolute Gasteiger partial charge is 0.396 e. The molecule has 0 saturated heterocycles. The fourth-order valence-electron chi connectivity index (χ4n) is 8.23. The summed E-state index contributed by atoms with van der Waals surface area (Å²) < 4.78 is 24.0. The molecule has 5 aliphatic heterocycles. The Kier molecular flexibility index (Phi) is 9.36. The zero-order valence-corrected chi connectivity index (χ0v) is 32.8. The number of hydrogen-bond donors (Lipinski definition) is 0. The van der Waals surface area contributed by atoms with Crippen molar-refractivity contribution in [2.24, 2.45) is 10.8 Å². The molecular weight excluding hydrogens is 717 g/mol. The van der Waals surface area contributed by atoms with E-state index in [2.05, 4.69) is 153 Å². The number of ether oxygens (including phenoxy) is 1. The van der Waals surface area contributed by atoms with E-state index in [9.17, 15) is 0 Å². The normalized spacial score (nSPS) is 25.8. The maximum absolute atomic E-state index is 7.05. The van der Waals surface area contributed by atoms with Crippen LogP contribution >= 0.6 is 32.3 Å². The summed E-state index contributed by atoms with van der Waals surface area (Å²) in [7, 11) is -0.609. The number of benzene rings is 1. The van der Waals surface area contributed by atoms with Gasteiger partial charge in [0, 0.05) is 91.5 Å². The van der Waals surface area contributed by atoms with Crippen molar-refractivity contribution in [1.82, 2.24) is 2.86 Å². The third-order valence-corrected chi connectivity index (χ3v) is 11.8. The molecule has 1 aromatic rings. The van der Waals surface area contributed by atoms with Crippen molar-refractivity contribution in [3.05, 3.63) is 88.8 Å². The van der Waals surface area contributed by atoms with Crippen LogP contribution in [0.15, 0.2) is 83.3 Å². The van der Waals surface area contributed by atoms with Crippen molar-refractivity contribution in [3.63, 3.8) is 0 Å². The molecule has 0 amide bonds. The minimum absolute atomic E-state index is 0.0869. The molecule has 6 rings (SSSR count). The van der Waals surface area contributed by atoms with E-state index in [0.717, 1.165) is 38.0 Å². The highest BCUT2D eigenvalue weighted by Gasteiger charge is 2.55. The van der Waals surface area contributed by atoms with Gasteiger partial charge in [-0.3, -0.25) is 0 Å². The Morgan fingerprint density at radius 2 is 1.83 bits per heavy atom. The van der Waals surface area contributed by atoms with Crippen LogP contribution in [0.3, 0.4) is 0 Å². The standard InChI is InChI=1S/C38H51BBr2N3O3/c1-11-23-45-39(44(40)41)47-38(10,35(3,4)5)20-17-28-29(12-2)42-21-18-31-25(33(42)37(28,8)9)24-26-32(46-31)19-22-43-30-16-14-13-15-27(30)36(6,7)34(26)43/h12-17,20,24,31-32H,2,11,18-19,21-23H2,1,3-10H3/q+1/b20-17-. The molecule has 1 aromatic carbocycles. The summed E-state index contributed by atoms with van der Waals surface area (Å²) in [6.45, 7) is 27.1. The SMILES string of the molecule is C=CC1=C(/C=C\C(C)(OB(OCCC)N(Br)Br)C(C)(C)C)C(C)(C)C2=[N+]1CCC1OC3CCN4C(=C3C=C21)C(C)(C)c1ccccc14. The molecular formula is C38H51BBr2N3O3+. The van der Waals surface area contributed by atoms with E-state index in [4.69, 9.17) is 14.0 Å². The predicted octanol–water partition coefficient (Wildman–Crippen LogP) is 9.18. The van der Waals surface area contributed by atoms with Gasteiger partial charge < -0.3 is 18.9 Å². The van der Waals surface area contributed by atoms with Gasteiger partial charge in [0.1, 0.15) is 0 Å². The zero-order valence-electron chi connectivity index (χ0n) is 29.6. The molecule has 5 heterocycles. The summed E-state index contributed by atoms with van der Waals surface area (Å²) in [4.78, 5) is 2.56. The highest BCUT2D eigenvalue weighted by Crippen LogP contribution is 2.54. The third kappa shape index (κ3) is 5.75. The average molecular weight is 768 g/mol. The molecule has 0 spiro atoms. The molecule has 0 bridgehead atoms. The first kappa shape index (κ1) is 35.1. The van der Waals surface area contributed by atoms with E-state index in [1.54, 1.807) is 2.86 Å². The lowest BCUT2D eigenvalue weighted by atomic mass is 9.72. The first-order chi connectivity index (χ1) is 22.1. The Bertz CT molecular complexity index is 1620. The molecule has 3 atom stereocenters. The Morgan fingerprint density at radius 1 is 1.11 bits per heavy atom. The van der Waals surface area contributed by atoms with Gasteiger partial charge in [0.2, 0.25) is 5.70 Å². The minimum Gasteiger partial charge on any atom is -0.396 e. The summed E-state index contributed by atoms with van der Waals surface area (Å²) in [5.74, 6) is 0. The Morgan fingerprint density at radius 3 is 2.49 bits per heavy atom. The number of rotatable bonds is 9. The van der Waals surface area contributed by atoms with Crippen LogP contribution in [-0.2, 0) is 19.5 Å². The van der Waals surface area contributed by atoms with Crippen molar-refractivity contribution < 1.29 is 18.6 Å². The molecule has 0 saturated carbocycles. The third-order valence-electron chi connectivity index (χ3n) is 11.2. The number of para-hydroxylation sites is 1. The number of hydrogen-bond acceptors (Lipinski definition) is 5. The van der Waals surface area contributed by atoms with Gasteiger partial charge in [0.05, 0.1) is 23.2 Å². The topological polar surface area (TPSA) is 37.2 Å². The molecule has 0 aliphatic carbocycles. The number of allylic oxidation sites excluding steroid dienone is 4. The monoisotopic (exact) mass is 766 g/mol. The van der Waals surface area contributed by atoms with Gasteiger partial charge in [-0.25, -0.2) is 0 Å². The molecule has 5 aliphatic rings. The van der Waals surface area contributed by atoms with Crippen molar-refractivity contribution >= 4 is 50.9 Å². The van der Waals surface area contributed by atoms with Crippen LogP contribution < -0.4 is 4.90 Å². The molecule has 0 N–H and O–H groups in total. The summed E-state index contributed by atoms with van der Waals surface area (Å²) >= 11 is 6.99. The quantitative estimate of drug-likeness (QED) is 0.142. The molecule has 0 aromatic heterocycles. The number of nitrogens with zero attached hydrogens (tertiary/aromatic N) is 3. The van der Waals surface area contributed by atoms with Gasteiger partial charge in [0.25, 0.3) is 0 Å². The van der Waals surface area contributed by atoms with Crippen LogP contribution in [0, 0.1) is 10.8 Å². The van der Waals surface area contributed by atoms with Gasteiger partial charge in [-0.15, -0.1) is 0 Å². The Labute approximate surface area is 300 Å². The van der Waals surface area contributed by atoms with E-state index in [-0.39, 0.29) is 28.5 Å². The predicted molar refractivity (Wildman–Crippen MR) is 201 cm³/mol. The first-order valence-corrected chi connectivity index (χ1v) is 18.6. The lowest BCUT2D eigenvalue weighted by molar-refractivity contribution is -0.476. The Hall–Kier alpha value is -1.75. The first-order valence-electron chi connectivity index (χ1n) is 17.2. The van der Waals surface area contributed by atoms with Crippen LogP contribution in [0.4, 0.5) is 5.69 Å². The molecule has 0 radical (unpaired) electrons. The van der Waals surface area contributed by atoms with Crippen LogP contribution in [-0.4, -0.2) is 57.9 Å². The lowest BCUT2D eigenvalue weighted by Crippen LogP contribution is -2.49. The van der Waals surface area contributed by atoms with E-state index >= 15 is 0 Å². The molecule has 47 heavy (non-hydrogen) atoms. The van der Waals surface area contributed by atoms with Gasteiger partial charge in [-0.2, -0.15) is 7.44 Å². The fraction of sp³-hybridized carbons (Fsp3) is 0.553. The van der Waals surface area contributed by atoms with Crippen LogP contribution in [0.2, 0.25) is 0 Å². The summed E-state index contributed by atoms with van der Waals surface area (Å²) in [5, 5.41) is 0. The van der Waals surface area contributed by atoms with Gasteiger partial charge in [-0.05, 0) is 56.7 Å². The van der Waals surface area contributed by atoms with Gasteiger partial charge >= 0.3 is 7.25 Å². The van der Waals surface area contributed by atoms with E-state index in [0.29, 0.717) is 6.61 Å². The molecule has 6 nitrogen and oxygen atoms in total. The maximum atomic E-state index is 7.05. The number of halogens is 2. The van der Waals surface area contributed by atoms with Crippen LogP contribution in [0.25, 0.3) is 0 Å². The fourth-order valence-corrected chi connectivity index (χ4v) is 8.64. The average Bonchev–Trinajstić information content (AvgIpc) is 3.39. The van der Waals surface area contributed by atoms with E-state index < -0.39 is 12.9 Å². The van der Waals surface area contributed by atoms with Crippen LogP contribution in [0.5, 0.6) is 0 Å².